The summed E-state index contributed by atoms with van der Waals surface area (Å²) in [5.74, 6) is -3.83. The van der Waals surface area contributed by atoms with Gasteiger partial charge in [0.05, 0.1) is 5.56 Å². The lowest BCUT2D eigenvalue weighted by molar-refractivity contribution is 0.0937. The van der Waals surface area contributed by atoms with Crippen molar-refractivity contribution in [2.75, 3.05) is 12.4 Å². The molecule has 3 rings (SSSR count). The van der Waals surface area contributed by atoms with Crippen LogP contribution in [0, 0.1) is 11.6 Å². The number of hydrogen-bond donors (Lipinski definition) is 3. The topological polar surface area (TPSA) is 119 Å². The molecule has 0 atom stereocenters. The molecule has 3 aromatic rings. The highest BCUT2D eigenvalue weighted by Gasteiger charge is 2.22. The van der Waals surface area contributed by atoms with Gasteiger partial charge in [0.1, 0.15) is 23.7 Å². The standard InChI is InChI=1S/C19H15F2N5O3/c1-23-19(29)15-16(17(22)27)26(9-24-15)12-5-3-11(4-6-12)25-18(28)13-8-10(20)2-7-14(13)21/h2-9H,1H3,(H2,22,27)(H,23,29)(H,25,28). The number of halogens is 2. The number of amides is 3. The number of carbonyl (C=O) groups is 3. The summed E-state index contributed by atoms with van der Waals surface area (Å²) < 4.78 is 28.3. The van der Waals surface area contributed by atoms with Crippen molar-refractivity contribution in [1.29, 1.82) is 0 Å². The third-order valence-electron chi connectivity index (χ3n) is 4.02. The van der Waals surface area contributed by atoms with Crippen LogP contribution in [0.15, 0.2) is 48.8 Å². The molecule has 0 saturated heterocycles. The van der Waals surface area contributed by atoms with Gasteiger partial charge in [-0.1, -0.05) is 0 Å². The highest BCUT2D eigenvalue weighted by atomic mass is 19.1. The molecule has 0 saturated carbocycles. The SMILES string of the molecule is CNC(=O)c1ncn(-c2ccc(NC(=O)c3cc(F)ccc3F)cc2)c1C(N)=O. The maximum absolute atomic E-state index is 13.7. The number of carbonyl (C=O) groups excluding carboxylic acids is 3. The largest absolute Gasteiger partial charge is 0.364 e. The Morgan fingerprint density at radius 2 is 1.72 bits per heavy atom. The first-order chi connectivity index (χ1) is 13.8. The first-order valence-electron chi connectivity index (χ1n) is 8.28. The van der Waals surface area contributed by atoms with Crippen LogP contribution in [-0.2, 0) is 0 Å². The zero-order valence-corrected chi connectivity index (χ0v) is 15.1. The predicted octanol–water partition coefficient (Wildman–Crippen LogP) is 1.86. The number of nitrogens with two attached hydrogens (primary N) is 1. The first kappa shape index (κ1) is 19.7. The van der Waals surface area contributed by atoms with E-state index in [9.17, 15) is 23.2 Å². The maximum atomic E-state index is 13.7. The molecule has 29 heavy (non-hydrogen) atoms. The van der Waals surface area contributed by atoms with E-state index in [2.05, 4.69) is 15.6 Å². The van der Waals surface area contributed by atoms with Gasteiger partial charge < -0.3 is 16.4 Å². The summed E-state index contributed by atoms with van der Waals surface area (Å²) in [5.41, 5.74) is 5.45. The van der Waals surface area contributed by atoms with Crippen LogP contribution in [0.5, 0.6) is 0 Å². The van der Waals surface area contributed by atoms with Gasteiger partial charge in [-0.05, 0) is 42.5 Å². The van der Waals surface area contributed by atoms with Crippen LogP contribution in [0.3, 0.4) is 0 Å². The monoisotopic (exact) mass is 399 g/mol. The summed E-state index contributed by atoms with van der Waals surface area (Å²) in [4.78, 5) is 39.7. The number of primary amides is 1. The molecule has 4 N–H and O–H groups in total. The molecule has 0 spiro atoms. The predicted molar refractivity (Wildman–Crippen MR) is 99.8 cm³/mol. The maximum Gasteiger partial charge on any atom is 0.272 e. The summed E-state index contributed by atoms with van der Waals surface area (Å²) in [7, 11) is 1.39. The summed E-state index contributed by atoms with van der Waals surface area (Å²) in [6.45, 7) is 0. The molecule has 0 aliphatic carbocycles. The second-order valence-corrected chi connectivity index (χ2v) is 5.88. The Hall–Kier alpha value is -4.08. The van der Waals surface area contributed by atoms with Gasteiger partial charge in [0, 0.05) is 18.4 Å². The Morgan fingerprint density at radius 3 is 2.34 bits per heavy atom. The van der Waals surface area contributed by atoms with Crippen molar-refractivity contribution in [2.24, 2.45) is 5.73 Å². The molecule has 10 heteroatoms. The van der Waals surface area contributed by atoms with Crippen LogP contribution in [0.4, 0.5) is 14.5 Å². The van der Waals surface area contributed by atoms with Crippen LogP contribution < -0.4 is 16.4 Å². The minimum absolute atomic E-state index is 0.108. The minimum atomic E-state index is -0.855. The second-order valence-electron chi connectivity index (χ2n) is 5.88. The van der Waals surface area contributed by atoms with E-state index in [1.54, 1.807) is 0 Å². The van der Waals surface area contributed by atoms with Gasteiger partial charge in [-0.2, -0.15) is 0 Å². The minimum Gasteiger partial charge on any atom is -0.364 e. The average Bonchev–Trinajstić information content (AvgIpc) is 3.15. The summed E-state index contributed by atoms with van der Waals surface area (Å²) >= 11 is 0. The number of anilines is 1. The lowest BCUT2D eigenvalue weighted by atomic mass is 10.2. The first-order valence-corrected chi connectivity index (χ1v) is 8.28. The van der Waals surface area contributed by atoms with Gasteiger partial charge in [0.25, 0.3) is 17.7 Å². The Morgan fingerprint density at radius 1 is 1.03 bits per heavy atom. The van der Waals surface area contributed by atoms with E-state index >= 15 is 0 Å². The fourth-order valence-electron chi connectivity index (χ4n) is 2.64. The average molecular weight is 399 g/mol. The van der Waals surface area contributed by atoms with E-state index < -0.39 is 34.9 Å². The van der Waals surface area contributed by atoms with Crippen molar-refractivity contribution in [1.82, 2.24) is 14.9 Å². The number of nitrogens with zero attached hydrogens (tertiary/aromatic N) is 2. The van der Waals surface area contributed by atoms with E-state index in [-0.39, 0.29) is 11.4 Å². The molecule has 1 aromatic heterocycles. The van der Waals surface area contributed by atoms with Crippen LogP contribution in [-0.4, -0.2) is 34.3 Å². The number of aromatic nitrogens is 2. The quantitative estimate of drug-likeness (QED) is 0.607. The Kier molecular flexibility index (Phi) is 5.35. The van der Waals surface area contributed by atoms with Crippen molar-refractivity contribution < 1.29 is 23.2 Å². The van der Waals surface area contributed by atoms with Crippen molar-refractivity contribution in [3.63, 3.8) is 0 Å². The van der Waals surface area contributed by atoms with Crippen molar-refractivity contribution in [2.45, 2.75) is 0 Å². The second kappa shape index (κ2) is 7.89. The fourth-order valence-corrected chi connectivity index (χ4v) is 2.64. The number of benzene rings is 2. The van der Waals surface area contributed by atoms with Crippen molar-refractivity contribution in [3.05, 3.63) is 77.4 Å². The summed E-state index contributed by atoms with van der Waals surface area (Å²) in [5, 5.41) is 4.82. The summed E-state index contributed by atoms with van der Waals surface area (Å²) in [6.07, 6.45) is 1.26. The summed E-state index contributed by atoms with van der Waals surface area (Å²) in [6, 6.07) is 8.59. The molecule has 0 radical (unpaired) electrons. The van der Waals surface area contributed by atoms with Gasteiger partial charge in [-0.15, -0.1) is 0 Å². The number of rotatable bonds is 5. The van der Waals surface area contributed by atoms with Gasteiger partial charge >= 0.3 is 0 Å². The van der Waals surface area contributed by atoms with Crippen molar-refractivity contribution >= 4 is 23.4 Å². The molecule has 0 fully saturated rings. The Bertz CT molecular complexity index is 1110. The third kappa shape index (κ3) is 3.95. The van der Waals surface area contributed by atoms with Crippen LogP contribution in [0.2, 0.25) is 0 Å². The number of imidazole rings is 1. The van der Waals surface area contributed by atoms with Crippen molar-refractivity contribution in [3.8, 4) is 5.69 Å². The number of nitrogens with one attached hydrogen (secondary N) is 2. The molecular formula is C19H15F2N5O3. The number of hydrogen-bond acceptors (Lipinski definition) is 4. The zero-order chi connectivity index (χ0) is 21.1. The molecule has 2 aromatic carbocycles. The lowest BCUT2D eigenvalue weighted by Gasteiger charge is -2.10. The molecular weight excluding hydrogens is 384 g/mol. The van der Waals surface area contributed by atoms with Crippen LogP contribution in [0.1, 0.15) is 31.3 Å². The molecule has 0 bridgehead atoms. The molecule has 3 amide bonds. The molecule has 148 valence electrons. The Labute approximate surface area is 163 Å². The van der Waals surface area contributed by atoms with Gasteiger partial charge in [0.15, 0.2) is 5.69 Å². The van der Waals surface area contributed by atoms with Gasteiger partial charge in [-0.25, -0.2) is 13.8 Å². The molecule has 1 heterocycles. The molecule has 0 unspecified atom stereocenters. The van der Waals surface area contributed by atoms with E-state index in [0.717, 1.165) is 18.2 Å². The third-order valence-corrected chi connectivity index (χ3v) is 4.02. The van der Waals surface area contributed by atoms with Gasteiger partial charge in [-0.3, -0.25) is 19.0 Å². The van der Waals surface area contributed by atoms with E-state index in [0.29, 0.717) is 11.4 Å². The van der Waals surface area contributed by atoms with Crippen LogP contribution >= 0.6 is 0 Å². The van der Waals surface area contributed by atoms with E-state index in [4.69, 9.17) is 5.73 Å². The molecule has 0 aliphatic rings. The smallest absolute Gasteiger partial charge is 0.272 e. The van der Waals surface area contributed by atoms with E-state index in [1.165, 1.54) is 42.2 Å². The zero-order valence-electron chi connectivity index (χ0n) is 15.1. The molecule has 0 aliphatic heterocycles. The molecule has 8 nitrogen and oxygen atoms in total. The van der Waals surface area contributed by atoms with E-state index in [1.807, 2.05) is 0 Å². The normalized spacial score (nSPS) is 10.4. The van der Waals surface area contributed by atoms with Crippen LogP contribution in [0.25, 0.3) is 5.69 Å². The highest BCUT2D eigenvalue weighted by Crippen LogP contribution is 2.19. The Balaban J connectivity index is 1.87. The fraction of sp³-hybridized carbons (Fsp3) is 0.0526. The lowest BCUT2D eigenvalue weighted by Crippen LogP contribution is -2.25. The van der Waals surface area contributed by atoms with Gasteiger partial charge in [0.2, 0.25) is 0 Å². The highest BCUT2D eigenvalue weighted by molar-refractivity contribution is 6.05.